The van der Waals surface area contributed by atoms with Gasteiger partial charge in [-0.15, -0.1) is 0 Å². The Hall–Kier alpha value is -1.66. The Balaban J connectivity index is 0.000000381. The van der Waals surface area contributed by atoms with Crippen molar-refractivity contribution in [1.82, 2.24) is 10.2 Å². The molecule has 1 aromatic rings. The molecule has 6 heteroatoms. The fraction of sp³-hybridized carbons (Fsp3) is 0.632. The molecule has 25 heavy (non-hydrogen) atoms. The molecule has 0 saturated carbocycles. The molecule has 0 radical (unpaired) electrons. The molecule has 0 aliphatic carbocycles. The number of piperidine rings is 1. The molecule has 1 fully saturated rings. The van der Waals surface area contributed by atoms with Crippen LogP contribution < -0.4 is 10.1 Å². The van der Waals surface area contributed by atoms with E-state index >= 15 is 0 Å². The smallest absolute Gasteiger partial charge is 0.293 e. The zero-order valence-electron chi connectivity index (χ0n) is 16.0. The Morgan fingerprint density at radius 1 is 1.24 bits per heavy atom. The largest absolute Gasteiger partial charge is 0.490 e. The van der Waals surface area contributed by atoms with Gasteiger partial charge in [-0.25, -0.2) is 4.39 Å². The van der Waals surface area contributed by atoms with Crippen molar-refractivity contribution < 1.29 is 18.7 Å². The molecule has 1 aliphatic heterocycles. The van der Waals surface area contributed by atoms with Gasteiger partial charge in [0.2, 0.25) is 0 Å². The molecule has 1 N–H and O–H groups in total. The highest BCUT2D eigenvalue weighted by Gasteiger charge is 2.15. The molecule has 0 amide bonds. The topological polar surface area (TPSA) is 50.8 Å². The lowest BCUT2D eigenvalue weighted by atomic mass is 10.1. The second kappa shape index (κ2) is 10.4. The Morgan fingerprint density at radius 2 is 1.88 bits per heavy atom. The highest BCUT2D eigenvalue weighted by molar-refractivity contribution is 5.37. The van der Waals surface area contributed by atoms with E-state index in [1.807, 2.05) is 45.8 Å². The summed E-state index contributed by atoms with van der Waals surface area (Å²) in [6.45, 7) is 8.60. The predicted molar refractivity (Wildman–Crippen MR) is 97.2 cm³/mol. The third-order valence-corrected chi connectivity index (χ3v) is 3.42. The molecule has 142 valence electrons. The third-order valence-electron chi connectivity index (χ3n) is 3.42. The Kier molecular flexibility index (Phi) is 8.86. The minimum absolute atomic E-state index is 0.209. The normalized spacial score (nSPS) is 15.3. The van der Waals surface area contributed by atoms with Crippen molar-refractivity contribution in [2.24, 2.45) is 0 Å². The number of hydrogen-bond donors (Lipinski definition) is 1. The van der Waals surface area contributed by atoms with Crippen LogP contribution in [0.4, 0.5) is 4.39 Å². The van der Waals surface area contributed by atoms with Crippen molar-refractivity contribution in [2.45, 2.75) is 51.9 Å². The number of benzene rings is 1. The van der Waals surface area contributed by atoms with Crippen molar-refractivity contribution in [3.05, 3.63) is 29.6 Å². The summed E-state index contributed by atoms with van der Waals surface area (Å²) in [6.07, 6.45) is 2.18. The lowest BCUT2D eigenvalue weighted by Gasteiger charge is -2.24. The van der Waals surface area contributed by atoms with Crippen LogP contribution >= 0.6 is 0 Å². The maximum Gasteiger partial charge on any atom is 0.293 e. The van der Waals surface area contributed by atoms with Crippen LogP contribution in [0, 0.1) is 5.82 Å². The molecule has 2 rings (SSSR count). The average Bonchev–Trinajstić information content (AvgIpc) is 2.46. The minimum atomic E-state index is -0.318. The first-order chi connectivity index (χ1) is 11.7. The van der Waals surface area contributed by atoms with Crippen LogP contribution in [0.2, 0.25) is 0 Å². The predicted octanol–water partition coefficient (Wildman–Crippen LogP) is 2.98. The number of nitrogens with zero attached hydrogens (tertiary/aromatic N) is 1. The third kappa shape index (κ3) is 10.0. The van der Waals surface area contributed by atoms with Gasteiger partial charge in [0.15, 0.2) is 0 Å². The van der Waals surface area contributed by atoms with Gasteiger partial charge >= 0.3 is 0 Å². The van der Waals surface area contributed by atoms with Gasteiger partial charge in [-0.2, -0.15) is 0 Å². The number of nitrogens with one attached hydrogen (secondary N) is 1. The molecule has 0 atom stereocenters. The van der Waals surface area contributed by atoms with Gasteiger partial charge in [-0.05, 0) is 78.5 Å². The lowest BCUT2D eigenvalue weighted by Crippen LogP contribution is -2.34. The van der Waals surface area contributed by atoms with Crippen LogP contribution in [0.25, 0.3) is 0 Å². The van der Waals surface area contributed by atoms with E-state index in [4.69, 9.17) is 4.74 Å². The van der Waals surface area contributed by atoms with Crippen molar-refractivity contribution in [1.29, 1.82) is 0 Å². The zero-order chi connectivity index (χ0) is 18.9. The number of carbonyl (C=O) groups excluding carboxylic acids is 1. The van der Waals surface area contributed by atoms with E-state index in [9.17, 15) is 9.18 Å². The fourth-order valence-corrected chi connectivity index (χ4v) is 2.40. The monoisotopic (exact) mass is 354 g/mol. The molecule has 0 aromatic heterocycles. The summed E-state index contributed by atoms with van der Waals surface area (Å²) in [5.74, 6) is 0.428. The van der Waals surface area contributed by atoms with E-state index in [0.717, 1.165) is 38.0 Å². The second-order valence-corrected chi connectivity index (χ2v) is 7.43. The van der Waals surface area contributed by atoms with Crippen molar-refractivity contribution in [3.8, 4) is 5.75 Å². The van der Waals surface area contributed by atoms with Crippen LogP contribution in [-0.2, 0) is 16.1 Å². The fourth-order valence-electron chi connectivity index (χ4n) is 2.40. The summed E-state index contributed by atoms with van der Waals surface area (Å²) in [5, 5.41) is 3.29. The van der Waals surface area contributed by atoms with Crippen LogP contribution in [0.5, 0.6) is 5.75 Å². The highest BCUT2D eigenvalue weighted by Crippen LogP contribution is 2.21. The molecule has 0 spiro atoms. The molecular formula is C19H31FN2O3. The van der Waals surface area contributed by atoms with E-state index in [1.54, 1.807) is 6.07 Å². The van der Waals surface area contributed by atoms with Crippen LogP contribution in [0.1, 0.15) is 39.2 Å². The summed E-state index contributed by atoms with van der Waals surface area (Å²) in [5.41, 5.74) is 0.630. The first kappa shape index (κ1) is 21.4. The SMILES string of the molecule is CC(C)(C)OC=O.CN(C)Cc1cc(F)cc(OC2CCNCC2)c1. The summed E-state index contributed by atoms with van der Waals surface area (Å²) in [4.78, 5) is 11.6. The lowest BCUT2D eigenvalue weighted by molar-refractivity contribution is -0.138. The van der Waals surface area contributed by atoms with E-state index in [0.29, 0.717) is 12.2 Å². The number of hydrogen-bond acceptors (Lipinski definition) is 5. The summed E-state index contributed by atoms with van der Waals surface area (Å²) < 4.78 is 23.9. The number of carbonyl (C=O) groups is 1. The van der Waals surface area contributed by atoms with Gasteiger partial charge in [-0.3, -0.25) is 4.79 Å². The number of ether oxygens (including phenoxy) is 2. The van der Waals surface area contributed by atoms with Crippen LogP contribution in [0.3, 0.4) is 0 Å². The van der Waals surface area contributed by atoms with E-state index < -0.39 is 0 Å². The van der Waals surface area contributed by atoms with Crippen LogP contribution in [0.15, 0.2) is 18.2 Å². The van der Waals surface area contributed by atoms with E-state index in [1.165, 1.54) is 6.07 Å². The summed E-state index contributed by atoms with van der Waals surface area (Å²) >= 11 is 0. The van der Waals surface area contributed by atoms with Gasteiger partial charge in [0.25, 0.3) is 6.47 Å². The maximum atomic E-state index is 13.5. The standard InChI is InChI=1S/C14H21FN2O.C5H10O2/c1-17(2)10-11-7-12(15)9-14(8-11)18-13-3-5-16-6-4-13;1-5(2,3)7-4-6/h7-9,13,16H,3-6,10H2,1-2H3;4H,1-3H3. The molecule has 5 nitrogen and oxygen atoms in total. The molecule has 1 aliphatic rings. The Labute approximate surface area is 150 Å². The number of halogens is 1. The van der Waals surface area contributed by atoms with Gasteiger partial charge in [0, 0.05) is 12.6 Å². The highest BCUT2D eigenvalue weighted by atomic mass is 19.1. The zero-order valence-corrected chi connectivity index (χ0v) is 16.0. The molecule has 1 aromatic carbocycles. The van der Waals surface area contributed by atoms with Gasteiger partial charge < -0.3 is 19.7 Å². The van der Waals surface area contributed by atoms with E-state index in [2.05, 4.69) is 10.1 Å². The van der Waals surface area contributed by atoms with Crippen molar-refractivity contribution >= 4 is 6.47 Å². The van der Waals surface area contributed by atoms with Crippen molar-refractivity contribution in [3.63, 3.8) is 0 Å². The molecule has 1 heterocycles. The quantitative estimate of drug-likeness (QED) is 0.824. The minimum Gasteiger partial charge on any atom is -0.490 e. The maximum absolute atomic E-state index is 13.5. The molecule has 0 unspecified atom stereocenters. The average molecular weight is 354 g/mol. The Morgan fingerprint density at radius 3 is 2.36 bits per heavy atom. The second-order valence-electron chi connectivity index (χ2n) is 7.43. The van der Waals surface area contributed by atoms with E-state index in [-0.39, 0.29) is 17.5 Å². The van der Waals surface area contributed by atoms with Gasteiger partial charge in [0.05, 0.1) is 0 Å². The Bertz CT molecular complexity index is 524. The number of rotatable bonds is 5. The first-order valence-electron chi connectivity index (χ1n) is 8.62. The first-order valence-corrected chi connectivity index (χ1v) is 8.62. The summed E-state index contributed by atoms with van der Waals surface area (Å²) in [6, 6.07) is 4.97. The van der Waals surface area contributed by atoms with Gasteiger partial charge in [0.1, 0.15) is 23.3 Å². The summed E-state index contributed by atoms with van der Waals surface area (Å²) in [7, 11) is 3.94. The molecule has 1 saturated heterocycles. The van der Waals surface area contributed by atoms with Crippen LogP contribution in [-0.4, -0.2) is 50.3 Å². The van der Waals surface area contributed by atoms with Crippen molar-refractivity contribution in [2.75, 3.05) is 27.2 Å². The van der Waals surface area contributed by atoms with Gasteiger partial charge in [-0.1, -0.05) is 0 Å². The molecular weight excluding hydrogens is 323 g/mol. The molecule has 0 bridgehead atoms.